The largest absolute Gasteiger partial charge is 0.480 e. The minimum Gasteiger partial charge on any atom is -0.480 e. The lowest BCUT2D eigenvalue weighted by molar-refractivity contribution is -0.147. The Balaban J connectivity index is 1.33. The van der Waals surface area contributed by atoms with Crippen molar-refractivity contribution in [2.45, 2.75) is 170 Å². The zero-order valence-electron chi connectivity index (χ0n) is 60.5. The predicted molar refractivity (Wildman–Crippen MR) is 408 cm³/mol. The van der Waals surface area contributed by atoms with E-state index in [9.17, 15) is 54.0 Å². The van der Waals surface area contributed by atoms with Crippen LogP contribution in [-0.2, 0) is 91.4 Å². The molecule has 13 unspecified atom stereocenters. The number of rotatable bonds is 21. The van der Waals surface area contributed by atoms with E-state index in [4.69, 9.17) is 11.5 Å². The smallest absolute Gasteiger partial charge is 0.327 e. The van der Waals surface area contributed by atoms with Crippen LogP contribution in [0.2, 0.25) is 0 Å². The van der Waals surface area contributed by atoms with Gasteiger partial charge in [-0.15, -0.1) is 0 Å². The Morgan fingerprint density at radius 2 is 0.879 bits per heavy atom. The normalized spacial score (nSPS) is 23.6. The summed E-state index contributed by atoms with van der Waals surface area (Å²) in [4.78, 5) is 161. The number of benzene rings is 6. The number of aliphatic hydroxyl groups is 3. The average Bonchev–Trinajstić information content (AvgIpc) is 0.827. The molecule has 1 heterocycles. The number of unbranched alkanes of at least 4 members (excludes halogenated alkanes) is 1. The summed E-state index contributed by atoms with van der Waals surface area (Å²) in [5, 5.41) is 72.3. The number of nitrogens with zero attached hydrogens (tertiary/aromatic N) is 1. The van der Waals surface area contributed by atoms with Crippen molar-refractivity contribution in [2.75, 3.05) is 31.7 Å². The van der Waals surface area contributed by atoms with Crippen molar-refractivity contribution in [2.24, 2.45) is 11.5 Å². The van der Waals surface area contributed by atoms with Crippen molar-refractivity contribution in [3.63, 3.8) is 0 Å². The van der Waals surface area contributed by atoms with Crippen molar-refractivity contribution in [3.8, 4) is 0 Å². The molecule has 574 valence electrons. The molecule has 30 heteroatoms. The quantitative estimate of drug-likeness (QED) is 0.0349. The number of carbonyl (C=O) groups is 11. The number of aliphatic carboxylic acids is 1. The van der Waals surface area contributed by atoms with Gasteiger partial charge in [0.15, 0.2) is 0 Å². The van der Waals surface area contributed by atoms with Crippen LogP contribution in [0.3, 0.4) is 0 Å². The van der Waals surface area contributed by atoms with Gasteiger partial charge in [0.1, 0.15) is 60.4 Å². The first-order chi connectivity index (χ1) is 51.2. The number of nitrogens with two attached hydrogens (primary N) is 2. The molecule has 13 atom stereocenters. The molecule has 107 heavy (non-hydrogen) atoms. The third-order valence-electron chi connectivity index (χ3n) is 17.9. The zero-order valence-corrected chi connectivity index (χ0v) is 62.1. The van der Waals surface area contributed by atoms with Crippen LogP contribution in [0.15, 0.2) is 158 Å². The second-order valence-electron chi connectivity index (χ2n) is 26.8. The molecule has 0 saturated carbocycles. The van der Waals surface area contributed by atoms with Gasteiger partial charge in [-0.1, -0.05) is 193 Å². The van der Waals surface area contributed by atoms with Gasteiger partial charge in [-0.25, -0.2) is 4.79 Å². The molecule has 1 aliphatic rings. The lowest BCUT2D eigenvalue weighted by atomic mass is 9.98. The van der Waals surface area contributed by atoms with Crippen LogP contribution in [0.25, 0.3) is 10.8 Å². The summed E-state index contributed by atoms with van der Waals surface area (Å²) in [6.07, 6.45) is -3.63. The highest BCUT2D eigenvalue weighted by molar-refractivity contribution is 8.76. The van der Waals surface area contributed by atoms with Crippen molar-refractivity contribution in [1.82, 2.24) is 58.1 Å². The summed E-state index contributed by atoms with van der Waals surface area (Å²) in [6, 6.07) is 28.3. The lowest BCUT2D eigenvalue weighted by Gasteiger charge is -2.34. The summed E-state index contributed by atoms with van der Waals surface area (Å²) in [6.45, 7) is 5.97. The Morgan fingerprint density at radius 1 is 0.467 bits per heavy atom. The number of hydrogen-bond acceptors (Lipinski definition) is 19. The van der Waals surface area contributed by atoms with E-state index in [2.05, 4.69) is 53.2 Å². The van der Waals surface area contributed by atoms with Crippen LogP contribution >= 0.6 is 21.6 Å². The van der Waals surface area contributed by atoms with Crippen LogP contribution in [0.1, 0.15) is 80.3 Å². The maximum atomic E-state index is 15.6. The Kier molecular flexibility index (Phi) is 33.6. The number of hydrogen-bond donors (Lipinski definition) is 16. The number of likely N-dealkylation sites (N-methyl/N-ethyl adjacent to an activating group) is 1. The van der Waals surface area contributed by atoms with Gasteiger partial charge in [0.2, 0.25) is 59.1 Å². The fourth-order valence-electron chi connectivity index (χ4n) is 11.9. The minimum absolute atomic E-state index is 0.0309. The third kappa shape index (κ3) is 26.6. The average molecular weight is 1510 g/mol. The van der Waals surface area contributed by atoms with E-state index >= 15 is 19.2 Å². The fraction of sp³-hybridized carbons (Fsp3) is 0.416. The topological polar surface area (TPSA) is 444 Å². The maximum Gasteiger partial charge on any atom is 0.327 e. The lowest BCUT2D eigenvalue weighted by Crippen LogP contribution is -2.63. The van der Waals surface area contributed by atoms with E-state index in [1.807, 2.05) is 62.4 Å². The van der Waals surface area contributed by atoms with Crippen LogP contribution in [-0.4, -0.2) is 207 Å². The zero-order chi connectivity index (χ0) is 77.7. The number of fused-ring (bicyclic) bond motifs is 1. The van der Waals surface area contributed by atoms with Gasteiger partial charge in [-0.2, -0.15) is 0 Å². The third-order valence-corrected chi connectivity index (χ3v) is 20.3. The van der Waals surface area contributed by atoms with Crippen molar-refractivity contribution in [1.29, 1.82) is 0 Å². The fourth-order valence-corrected chi connectivity index (χ4v) is 14.2. The van der Waals surface area contributed by atoms with Crippen molar-refractivity contribution < 1.29 is 73.2 Å². The Labute approximate surface area is 630 Å². The SMILES string of the molecule is CC(C)NCc1ccc(CC2NC(=O)C(Cc3ccc4ccccc4c3)NC(=O)C(Cc3ccccc3)NC(=O)C(Cc3ccccc3)NC(=O)C(CCCCN)NC(=O)C(N)CSSCC(C(=O)O)NC(=O)C(CO)NC(=O)C(C(C)O)N(C)C(=O)C(Cc3ccccc3)NC(=O)C(C(C)O)NC2=O)cc1. The molecule has 0 radical (unpaired) electrons. The summed E-state index contributed by atoms with van der Waals surface area (Å²) in [5.74, 6) is -11.8. The highest BCUT2D eigenvalue weighted by Crippen LogP contribution is 2.24. The molecular formula is C77H99N13O15S2. The Hall–Kier alpha value is -9.79. The molecule has 28 nitrogen and oxygen atoms in total. The molecule has 0 bridgehead atoms. The first-order valence-electron chi connectivity index (χ1n) is 35.5. The maximum absolute atomic E-state index is 15.6. The predicted octanol–water partition coefficient (Wildman–Crippen LogP) is 0.731. The van der Waals surface area contributed by atoms with Crippen LogP contribution in [0.5, 0.6) is 0 Å². The van der Waals surface area contributed by atoms with Crippen LogP contribution in [0, 0.1) is 0 Å². The van der Waals surface area contributed by atoms with E-state index in [1.54, 1.807) is 109 Å². The molecular weight excluding hydrogens is 1410 g/mol. The second-order valence-corrected chi connectivity index (χ2v) is 29.4. The molecule has 0 aromatic heterocycles. The van der Waals surface area contributed by atoms with Gasteiger partial charge in [0, 0.05) is 63.2 Å². The molecule has 6 aromatic rings. The summed E-state index contributed by atoms with van der Waals surface area (Å²) in [5.41, 5.74) is 15.9. The number of carboxylic acids is 1. The number of carbonyl (C=O) groups excluding carboxylic acids is 10. The molecule has 7 rings (SSSR count). The van der Waals surface area contributed by atoms with Gasteiger partial charge < -0.3 is 90.0 Å². The first-order valence-corrected chi connectivity index (χ1v) is 38.0. The highest BCUT2D eigenvalue weighted by Gasteiger charge is 2.41. The van der Waals surface area contributed by atoms with Crippen LogP contribution < -0.4 is 64.6 Å². The molecule has 0 spiro atoms. The monoisotopic (exact) mass is 1510 g/mol. The van der Waals surface area contributed by atoms with Crippen molar-refractivity contribution >= 4 is 97.4 Å². The molecule has 1 fully saturated rings. The van der Waals surface area contributed by atoms with E-state index in [0.717, 1.165) is 56.8 Å². The number of nitrogens with one attached hydrogen (secondary N) is 10. The molecule has 18 N–H and O–H groups in total. The molecule has 10 amide bonds. The van der Waals surface area contributed by atoms with Crippen LogP contribution in [0.4, 0.5) is 0 Å². The molecule has 1 aliphatic heterocycles. The first kappa shape index (κ1) is 84.5. The standard InChI is InChI=1S/C77H99N13O15S2/c1-45(2)80-41-52-30-28-51(29-31-52)38-60-72(99)89-65(46(3)92)74(101)86-62(39-50-23-13-8-14-24-50)76(103)90(5)66(47(4)93)75(102)87-63(42-91)73(100)88-64(77(104)105)44-107-106-43-56(79)67(94)81-57(27-17-18-34-78)68(95)82-58(36-48-19-9-6-10-20-48)69(96)83-59(37-49-21-11-7-12-22-49)70(97)85-61(71(98)84-60)40-53-32-33-54-25-15-16-26-55(54)35-53/h6-16,19-26,28-33,35,45-47,56-66,80,91-93H,17-18,27,34,36-44,78-79H2,1-5H3,(H,81,94)(H,82,95)(H,83,96)(H,84,98)(H,85,97)(H,86,101)(H,87,102)(H,88,100)(H,89,99)(H,104,105). The number of aliphatic hydroxyl groups excluding tert-OH is 3. The number of amides is 10. The minimum atomic E-state index is -1.88. The van der Waals surface area contributed by atoms with Gasteiger partial charge in [-0.3, -0.25) is 47.9 Å². The van der Waals surface area contributed by atoms with Gasteiger partial charge in [0.25, 0.3) is 0 Å². The van der Waals surface area contributed by atoms with E-state index in [1.165, 1.54) is 6.92 Å². The van der Waals surface area contributed by atoms with Gasteiger partial charge >= 0.3 is 5.97 Å². The summed E-state index contributed by atoms with van der Waals surface area (Å²) < 4.78 is 0. The van der Waals surface area contributed by atoms with E-state index in [0.29, 0.717) is 47.2 Å². The Bertz CT molecular complexity index is 3960. The number of carboxylic acid groups (broad SMARTS) is 1. The van der Waals surface area contributed by atoms with Gasteiger partial charge in [-0.05, 0) is 83.8 Å². The van der Waals surface area contributed by atoms with Crippen molar-refractivity contribution in [3.05, 3.63) is 191 Å². The van der Waals surface area contributed by atoms with E-state index < -0.39 is 150 Å². The van der Waals surface area contributed by atoms with Gasteiger partial charge in [0.05, 0.1) is 24.9 Å². The molecule has 6 aromatic carbocycles. The molecule has 1 saturated heterocycles. The van der Waals surface area contributed by atoms with E-state index in [-0.39, 0.29) is 62.6 Å². The Morgan fingerprint density at radius 3 is 1.36 bits per heavy atom. The second kappa shape index (κ2) is 42.5. The summed E-state index contributed by atoms with van der Waals surface area (Å²) in [7, 11) is 2.97. The summed E-state index contributed by atoms with van der Waals surface area (Å²) >= 11 is 0. The molecule has 0 aliphatic carbocycles. The highest BCUT2D eigenvalue weighted by atomic mass is 33.1.